The van der Waals surface area contributed by atoms with Gasteiger partial charge in [-0.05, 0) is 57.1 Å². The molecule has 0 amide bonds. The Morgan fingerprint density at radius 3 is 2.76 bits per heavy atom. The maximum atomic E-state index is 4.61. The summed E-state index contributed by atoms with van der Waals surface area (Å²) in [7, 11) is 0. The van der Waals surface area contributed by atoms with Crippen LogP contribution in [0, 0.1) is 18.3 Å². The molecule has 0 aromatic carbocycles. The lowest BCUT2D eigenvalue weighted by atomic mass is 9.76. The third-order valence-corrected chi connectivity index (χ3v) is 5.20. The second-order valence-electron chi connectivity index (χ2n) is 7.34. The third kappa shape index (κ3) is 3.88. The summed E-state index contributed by atoms with van der Waals surface area (Å²) in [5, 5.41) is 8.45. The first-order valence-corrected chi connectivity index (χ1v) is 8.74. The SMILES string of the molecule is CCCNC(Cc1cc(C)nn1CC)C1CCCC1(C)C. The molecule has 1 N–H and O–H groups in total. The zero-order valence-electron chi connectivity index (χ0n) is 14.6. The number of rotatable bonds is 7. The minimum absolute atomic E-state index is 0.470. The summed E-state index contributed by atoms with van der Waals surface area (Å²) < 4.78 is 2.18. The maximum Gasteiger partial charge on any atom is 0.0596 e. The summed E-state index contributed by atoms with van der Waals surface area (Å²) in [6.07, 6.45) is 6.44. The minimum Gasteiger partial charge on any atom is -0.313 e. The summed E-state index contributed by atoms with van der Waals surface area (Å²) in [6.45, 7) is 13.5. The van der Waals surface area contributed by atoms with Crippen molar-refractivity contribution in [3.63, 3.8) is 0 Å². The van der Waals surface area contributed by atoms with E-state index in [4.69, 9.17) is 0 Å². The monoisotopic (exact) mass is 291 g/mol. The molecule has 2 unspecified atom stereocenters. The Hall–Kier alpha value is -0.830. The molecule has 21 heavy (non-hydrogen) atoms. The summed E-state index contributed by atoms with van der Waals surface area (Å²) in [4.78, 5) is 0. The standard InChI is InChI=1S/C18H33N3/c1-6-11-19-17(16-9-8-10-18(16,4)5)13-15-12-14(3)20-21(15)7-2/h12,16-17,19H,6-11,13H2,1-5H3. The van der Waals surface area contributed by atoms with Crippen molar-refractivity contribution >= 4 is 0 Å². The van der Waals surface area contributed by atoms with E-state index in [1.54, 1.807) is 0 Å². The Kier molecular flexibility index (Phi) is 5.48. The Bertz CT molecular complexity index is 447. The van der Waals surface area contributed by atoms with Crippen LogP contribution >= 0.6 is 0 Å². The van der Waals surface area contributed by atoms with Crippen LogP contribution < -0.4 is 5.32 Å². The summed E-state index contributed by atoms with van der Waals surface area (Å²) in [5.74, 6) is 0.782. The highest BCUT2D eigenvalue weighted by atomic mass is 15.3. The van der Waals surface area contributed by atoms with Crippen molar-refractivity contribution in [2.24, 2.45) is 11.3 Å². The summed E-state index contributed by atoms with van der Waals surface area (Å²) in [5.41, 5.74) is 3.01. The van der Waals surface area contributed by atoms with Gasteiger partial charge >= 0.3 is 0 Å². The van der Waals surface area contributed by atoms with E-state index in [2.05, 4.69) is 55.8 Å². The molecule has 0 radical (unpaired) electrons. The number of nitrogens with one attached hydrogen (secondary N) is 1. The average molecular weight is 291 g/mol. The van der Waals surface area contributed by atoms with Gasteiger partial charge in [-0.25, -0.2) is 0 Å². The smallest absolute Gasteiger partial charge is 0.0596 e. The van der Waals surface area contributed by atoms with E-state index < -0.39 is 0 Å². The topological polar surface area (TPSA) is 29.9 Å². The van der Waals surface area contributed by atoms with E-state index in [0.717, 1.165) is 31.1 Å². The van der Waals surface area contributed by atoms with E-state index in [1.807, 2.05) is 0 Å². The molecule has 1 aromatic rings. The average Bonchev–Trinajstić information content (AvgIpc) is 2.96. The number of nitrogens with zero attached hydrogens (tertiary/aromatic N) is 2. The lowest BCUT2D eigenvalue weighted by molar-refractivity contribution is 0.194. The molecule has 1 heterocycles. The molecule has 0 aliphatic heterocycles. The van der Waals surface area contributed by atoms with Crippen molar-refractivity contribution in [1.82, 2.24) is 15.1 Å². The molecule has 1 saturated carbocycles. The molecule has 0 saturated heterocycles. The van der Waals surface area contributed by atoms with Gasteiger partial charge in [0, 0.05) is 24.7 Å². The lowest BCUT2D eigenvalue weighted by Gasteiger charge is -2.35. The van der Waals surface area contributed by atoms with Gasteiger partial charge in [0.1, 0.15) is 0 Å². The maximum absolute atomic E-state index is 4.61. The minimum atomic E-state index is 0.470. The Labute approximate surface area is 130 Å². The molecule has 1 aromatic heterocycles. The van der Waals surface area contributed by atoms with E-state index in [0.29, 0.717) is 11.5 Å². The molecule has 2 rings (SSSR count). The van der Waals surface area contributed by atoms with Crippen LogP contribution in [0.1, 0.15) is 64.8 Å². The third-order valence-electron chi connectivity index (χ3n) is 5.20. The van der Waals surface area contributed by atoms with Crippen molar-refractivity contribution in [3.05, 3.63) is 17.5 Å². The van der Waals surface area contributed by atoms with E-state index in [1.165, 1.54) is 31.4 Å². The van der Waals surface area contributed by atoms with Crippen LogP contribution in [0.4, 0.5) is 0 Å². The van der Waals surface area contributed by atoms with Gasteiger partial charge in [-0.3, -0.25) is 4.68 Å². The van der Waals surface area contributed by atoms with Gasteiger partial charge in [0.25, 0.3) is 0 Å². The van der Waals surface area contributed by atoms with Crippen LogP contribution in [0.2, 0.25) is 0 Å². The van der Waals surface area contributed by atoms with Crippen molar-refractivity contribution in [3.8, 4) is 0 Å². The summed E-state index contributed by atoms with van der Waals surface area (Å²) in [6, 6.07) is 2.86. The Morgan fingerprint density at radius 2 is 2.19 bits per heavy atom. The lowest BCUT2D eigenvalue weighted by Crippen LogP contribution is -2.43. The zero-order valence-corrected chi connectivity index (χ0v) is 14.6. The predicted octanol–water partition coefficient (Wildman–Crippen LogP) is 3.95. The molecule has 1 aliphatic rings. The molecule has 2 atom stereocenters. The molecular formula is C18H33N3. The molecular weight excluding hydrogens is 258 g/mol. The molecule has 3 nitrogen and oxygen atoms in total. The second kappa shape index (κ2) is 6.95. The fourth-order valence-corrected chi connectivity index (χ4v) is 4.05. The van der Waals surface area contributed by atoms with Gasteiger partial charge in [0.2, 0.25) is 0 Å². The first-order chi connectivity index (χ1) is 9.97. The van der Waals surface area contributed by atoms with Crippen molar-refractivity contribution in [1.29, 1.82) is 0 Å². The number of aromatic nitrogens is 2. The fraction of sp³-hybridized carbons (Fsp3) is 0.833. The van der Waals surface area contributed by atoms with Gasteiger partial charge in [-0.15, -0.1) is 0 Å². The van der Waals surface area contributed by atoms with Crippen LogP contribution in [-0.2, 0) is 13.0 Å². The van der Waals surface area contributed by atoms with Gasteiger partial charge in [-0.1, -0.05) is 27.2 Å². The zero-order chi connectivity index (χ0) is 15.5. The normalized spacial score (nSPS) is 22.6. The van der Waals surface area contributed by atoms with Crippen molar-refractivity contribution < 1.29 is 0 Å². The first kappa shape index (κ1) is 16.5. The van der Waals surface area contributed by atoms with Crippen LogP contribution in [0.5, 0.6) is 0 Å². The van der Waals surface area contributed by atoms with Crippen molar-refractivity contribution in [2.45, 2.75) is 79.3 Å². The quantitative estimate of drug-likeness (QED) is 0.824. The van der Waals surface area contributed by atoms with Crippen LogP contribution in [0.3, 0.4) is 0 Å². The fourth-order valence-electron chi connectivity index (χ4n) is 4.05. The number of hydrogen-bond acceptors (Lipinski definition) is 2. The van der Waals surface area contributed by atoms with E-state index >= 15 is 0 Å². The summed E-state index contributed by atoms with van der Waals surface area (Å²) >= 11 is 0. The Balaban J connectivity index is 2.16. The number of aryl methyl sites for hydroxylation is 2. The largest absolute Gasteiger partial charge is 0.313 e. The highest BCUT2D eigenvalue weighted by Gasteiger charge is 2.39. The van der Waals surface area contributed by atoms with Crippen LogP contribution in [0.25, 0.3) is 0 Å². The molecule has 0 spiro atoms. The van der Waals surface area contributed by atoms with Crippen LogP contribution in [0.15, 0.2) is 6.07 Å². The van der Waals surface area contributed by atoms with E-state index in [-0.39, 0.29) is 0 Å². The molecule has 1 fully saturated rings. The Morgan fingerprint density at radius 1 is 1.43 bits per heavy atom. The van der Waals surface area contributed by atoms with E-state index in [9.17, 15) is 0 Å². The molecule has 120 valence electrons. The van der Waals surface area contributed by atoms with Gasteiger partial charge in [0.15, 0.2) is 0 Å². The van der Waals surface area contributed by atoms with Gasteiger partial charge < -0.3 is 5.32 Å². The van der Waals surface area contributed by atoms with Crippen LogP contribution in [-0.4, -0.2) is 22.4 Å². The highest BCUT2D eigenvalue weighted by molar-refractivity contribution is 5.11. The highest BCUT2D eigenvalue weighted by Crippen LogP contribution is 2.45. The van der Waals surface area contributed by atoms with Gasteiger partial charge in [0.05, 0.1) is 5.69 Å². The first-order valence-electron chi connectivity index (χ1n) is 8.74. The molecule has 1 aliphatic carbocycles. The second-order valence-corrected chi connectivity index (χ2v) is 7.34. The van der Waals surface area contributed by atoms with Crippen molar-refractivity contribution in [2.75, 3.05) is 6.54 Å². The molecule has 3 heteroatoms. The van der Waals surface area contributed by atoms with Gasteiger partial charge in [-0.2, -0.15) is 5.10 Å². The predicted molar refractivity (Wildman–Crippen MR) is 89.5 cm³/mol. The number of hydrogen-bond donors (Lipinski definition) is 1. The molecule has 0 bridgehead atoms.